The van der Waals surface area contributed by atoms with Crippen LogP contribution in [0.2, 0.25) is 0 Å². The minimum atomic E-state index is -5.82. The monoisotopic (exact) mass is 405 g/mol. The Morgan fingerprint density at radius 1 is 1.11 bits per heavy atom. The van der Waals surface area contributed by atoms with Crippen molar-refractivity contribution in [1.82, 2.24) is 0 Å². The van der Waals surface area contributed by atoms with Gasteiger partial charge in [0.25, 0.3) is 0 Å². The maximum atomic E-state index is 13.2. The van der Waals surface area contributed by atoms with Crippen LogP contribution in [0.5, 0.6) is 0 Å². The lowest BCUT2D eigenvalue weighted by molar-refractivity contribution is -0.291. The first-order valence-corrected chi connectivity index (χ1v) is 5.30. The normalized spacial score (nSPS) is 14.0. The van der Waals surface area contributed by atoms with E-state index in [1.165, 1.54) is 6.07 Å². The molecule has 9 heteroatoms. The van der Waals surface area contributed by atoms with Crippen molar-refractivity contribution in [1.29, 1.82) is 0 Å². The molecular formula is C9H7ClF6IN. The summed E-state index contributed by atoms with van der Waals surface area (Å²) in [6.45, 7) is 0. The Labute approximate surface area is 118 Å². The fourth-order valence-corrected chi connectivity index (χ4v) is 1.64. The Kier molecular flexibility index (Phi) is 5.75. The lowest BCUT2D eigenvalue weighted by Crippen LogP contribution is -2.46. The smallest absolute Gasteiger partial charge is 0.319 e. The highest BCUT2D eigenvalue weighted by Gasteiger charge is 2.62. The summed E-state index contributed by atoms with van der Waals surface area (Å²) in [4.78, 5) is 0. The van der Waals surface area contributed by atoms with Crippen LogP contribution in [0.25, 0.3) is 0 Å². The molecule has 0 bridgehead atoms. The third-order valence-electron chi connectivity index (χ3n) is 2.06. The summed E-state index contributed by atoms with van der Waals surface area (Å²) >= 11 is 1.66. The van der Waals surface area contributed by atoms with E-state index in [0.717, 1.165) is 12.1 Å². The third kappa shape index (κ3) is 3.41. The molecule has 18 heavy (non-hydrogen) atoms. The molecule has 0 aliphatic carbocycles. The summed E-state index contributed by atoms with van der Waals surface area (Å²) in [5.74, 6) is -6.38. The van der Waals surface area contributed by atoms with Crippen LogP contribution < -0.4 is 5.73 Å². The van der Waals surface area contributed by atoms with Gasteiger partial charge < -0.3 is 5.73 Å². The molecule has 0 unspecified atom stereocenters. The molecule has 0 heterocycles. The minimum absolute atomic E-state index is 0. The number of nitrogens with two attached hydrogens (primary N) is 1. The van der Waals surface area contributed by atoms with Crippen molar-refractivity contribution in [2.24, 2.45) is 5.73 Å². The van der Waals surface area contributed by atoms with Crippen LogP contribution in [0, 0.1) is 9.39 Å². The predicted molar refractivity (Wildman–Crippen MR) is 64.3 cm³/mol. The predicted octanol–water partition coefficient (Wildman–Crippen LogP) is 4.05. The molecule has 0 aromatic heterocycles. The summed E-state index contributed by atoms with van der Waals surface area (Å²) in [5, 5.41) is 0. The molecule has 0 fully saturated rings. The van der Waals surface area contributed by atoms with Crippen LogP contribution in [0.3, 0.4) is 0 Å². The minimum Gasteiger partial charge on any atom is -0.319 e. The van der Waals surface area contributed by atoms with Gasteiger partial charge in [0.05, 0.1) is 0 Å². The van der Waals surface area contributed by atoms with Gasteiger partial charge in [-0.3, -0.25) is 0 Å². The summed E-state index contributed by atoms with van der Waals surface area (Å²) < 4.78 is 75.4. The first-order chi connectivity index (χ1) is 7.57. The van der Waals surface area contributed by atoms with Crippen molar-refractivity contribution in [3.8, 4) is 0 Å². The van der Waals surface area contributed by atoms with Gasteiger partial charge in [0, 0.05) is 9.13 Å². The molecule has 0 saturated heterocycles. The Hall–Kier alpha value is -0.220. The average Bonchev–Trinajstić information content (AvgIpc) is 2.19. The maximum absolute atomic E-state index is 13.2. The van der Waals surface area contributed by atoms with E-state index in [-0.39, 0.29) is 12.4 Å². The van der Waals surface area contributed by atoms with Crippen molar-refractivity contribution in [3.05, 3.63) is 33.1 Å². The molecule has 2 N–H and O–H groups in total. The Balaban J connectivity index is 0.00000289. The van der Waals surface area contributed by atoms with E-state index in [1.807, 2.05) is 0 Å². The van der Waals surface area contributed by atoms with Gasteiger partial charge in [-0.2, -0.15) is 22.0 Å². The van der Waals surface area contributed by atoms with Crippen molar-refractivity contribution in [3.63, 3.8) is 0 Å². The molecule has 0 aliphatic rings. The number of hydrogen-bond acceptors (Lipinski definition) is 1. The highest BCUT2D eigenvalue weighted by molar-refractivity contribution is 14.1. The summed E-state index contributed by atoms with van der Waals surface area (Å²) in [6, 6.07) is 0.124. The Morgan fingerprint density at radius 3 is 2.06 bits per heavy atom. The van der Waals surface area contributed by atoms with Gasteiger partial charge >= 0.3 is 12.1 Å². The van der Waals surface area contributed by atoms with Crippen molar-refractivity contribution < 1.29 is 26.3 Å². The van der Waals surface area contributed by atoms with Gasteiger partial charge in [-0.25, -0.2) is 4.39 Å². The van der Waals surface area contributed by atoms with Crippen molar-refractivity contribution in [2.45, 2.75) is 18.1 Å². The molecule has 1 rings (SSSR count). The second-order valence-electron chi connectivity index (χ2n) is 3.26. The van der Waals surface area contributed by atoms with Crippen LogP contribution in [-0.2, 0) is 0 Å². The zero-order valence-corrected chi connectivity index (χ0v) is 11.4. The second-order valence-corrected chi connectivity index (χ2v) is 4.51. The highest BCUT2D eigenvalue weighted by Crippen LogP contribution is 2.43. The Morgan fingerprint density at radius 2 is 1.61 bits per heavy atom. The van der Waals surface area contributed by atoms with E-state index in [4.69, 9.17) is 5.73 Å². The quantitative estimate of drug-likeness (QED) is 0.583. The first-order valence-electron chi connectivity index (χ1n) is 4.22. The highest BCUT2D eigenvalue weighted by atomic mass is 127. The van der Waals surface area contributed by atoms with Crippen LogP contribution >= 0.6 is 35.0 Å². The fraction of sp³-hybridized carbons (Fsp3) is 0.333. The van der Waals surface area contributed by atoms with Gasteiger partial charge in [0.15, 0.2) is 0 Å². The molecule has 104 valence electrons. The summed E-state index contributed by atoms with van der Waals surface area (Å²) in [7, 11) is 0. The summed E-state index contributed by atoms with van der Waals surface area (Å²) in [5.41, 5.74) is 3.95. The molecular weight excluding hydrogens is 398 g/mol. The number of benzene rings is 1. The number of rotatable bonds is 2. The van der Waals surface area contributed by atoms with Crippen LogP contribution in [0.15, 0.2) is 18.2 Å². The standard InChI is InChI=1S/C9H6F6IN.ClH/c10-6-2-1-4(16)3-5(6)7(17)8(11,12)9(13,14)15;/h1-3,7H,17H2;1H/t7-;/m1./s1. The van der Waals surface area contributed by atoms with E-state index < -0.39 is 29.5 Å². The molecule has 0 amide bonds. The molecule has 0 radical (unpaired) electrons. The van der Waals surface area contributed by atoms with E-state index in [0.29, 0.717) is 3.57 Å². The van der Waals surface area contributed by atoms with E-state index in [2.05, 4.69) is 0 Å². The molecule has 1 nitrogen and oxygen atoms in total. The Bertz CT molecular complexity index is 422. The van der Waals surface area contributed by atoms with Gasteiger partial charge in [-0.05, 0) is 40.8 Å². The van der Waals surface area contributed by atoms with Crippen LogP contribution in [-0.4, -0.2) is 12.1 Å². The first kappa shape index (κ1) is 17.8. The number of hydrogen-bond donors (Lipinski definition) is 1. The van der Waals surface area contributed by atoms with Gasteiger partial charge in [-0.15, -0.1) is 12.4 Å². The van der Waals surface area contributed by atoms with Gasteiger partial charge in [0.2, 0.25) is 0 Å². The average molecular weight is 406 g/mol. The molecule has 0 spiro atoms. The number of halogens is 8. The number of alkyl halides is 5. The van der Waals surface area contributed by atoms with Crippen LogP contribution in [0.1, 0.15) is 11.6 Å². The zero-order chi connectivity index (χ0) is 13.4. The lowest BCUT2D eigenvalue weighted by atomic mass is 10.0. The van der Waals surface area contributed by atoms with Crippen molar-refractivity contribution >= 4 is 35.0 Å². The van der Waals surface area contributed by atoms with Gasteiger partial charge in [-0.1, -0.05) is 0 Å². The topological polar surface area (TPSA) is 26.0 Å². The SMILES string of the molecule is Cl.N[C@H](c1cc(I)ccc1F)C(F)(F)C(F)(F)F. The van der Waals surface area contributed by atoms with Crippen LogP contribution in [0.4, 0.5) is 26.3 Å². The molecule has 0 saturated carbocycles. The molecule has 1 aromatic carbocycles. The fourth-order valence-electron chi connectivity index (χ4n) is 1.12. The second kappa shape index (κ2) is 5.83. The van der Waals surface area contributed by atoms with E-state index in [9.17, 15) is 26.3 Å². The van der Waals surface area contributed by atoms with E-state index in [1.54, 1.807) is 22.6 Å². The van der Waals surface area contributed by atoms with Gasteiger partial charge in [0.1, 0.15) is 11.9 Å². The summed E-state index contributed by atoms with van der Waals surface area (Å²) in [6.07, 6.45) is -5.82. The zero-order valence-electron chi connectivity index (χ0n) is 8.44. The third-order valence-corrected chi connectivity index (χ3v) is 2.73. The van der Waals surface area contributed by atoms with E-state index >= 15 is 0 Å². The lowest BCUT2D eigenvalue weighted by Gasteiger charge is -2.26. The largest absolute Gasteiger partial charge is 0.455 e. The molecule has 1 atom stereocenters. The maximum Gasteiger partial charge on any atom is 0.455 e. The molecule has 1 aromatic rings. The molecule has 0 aliphatic heterocycles. The van der Waals surface area contributed by atoms with Crippen molar-refractivity contribution in [2.75, 3.05) is 0 Å².